The van der Waals surface area contributed by atoms with Crippen molar-refractivity contribution in [1.29, 1.82) is 0 Å². The Morgan fingerprint density at radius 2 is 1.68 bits per heavy atom. The van der Waals surface area contributed by atoms with E-state index in [1.165, 1.54) is 17.7 Å². The van der Waals surface area contributed by atoms with E-state index in [1.54, 1.807) is 12.1 Å². The maximum atomic E-state index is 13.1. The van der Waals surface area contributed by atoms with Crippen molar-refractivity contribution in [3.63, 3.8) is 0 Å². The summed E-state index contributed by atoms with van der Waals surface area (Å²) in [5.41, 5.74) is 4.41. The molecule has 19 heavy (non-hydrogen) atoms. The van der Waals surface area contributed by atoms with Gasteiger partial charge >= 0.3 is 0 Å². The van der Waals surface area contributed by atoms with Crippen LogP contribution in [0.3, 0.4) is 0 Å². The normalized spacial score (nSPS) is 10.8. The number of halogens is 1. The minimum atomic E-state index is -0.216. The number of aryl methyl sites for hydroxylation is 1. The summed E-state index contributed by atoms with van der Waals surface area (Å²) in [6.45, 7) is 8.37. The number of aromatic nitrogens is 1. The van der Waals surface area contributed by atoms with Crippen LogP contribution in [0.5, 0.6) is 0 Å². The molecule has 1 heterocycles. The van der Waals surface area contributed by atoms with Crippen molar-refractivity contribution in [3.05, 3.63) is 53.6 Å². The van der Waals surface area contributed by atoms with Crippen LogP contribution in [0.1, 0.15) is 25.0 Å². The highest BCUT2D eigenvalue weighted by molar-refractivity contribution is 5.67. The van der Waals surface area contributed by atoms with Gasteiger partial charge in [-0.15, -0.1) is 0 Å². The molecule has 1 aromatic carbocycles. The Kier molecular flexibility index (Phi) is 3.84. The zero-order valence-electron chi connectivity index (χ0n) is 11.8. The molecule has 100 valence electrons. The standard InChI is InChI=1S/C16H19FN2/c1-11(2)19(15-7-5-14(17)6-8-15)16-10-18-9-12(3)13(16)4/h5-11H,1-4H3. The molecule has 0 atom stereocenters. The summed E-state index contributed by atoms with van der Waals surface area (Å²) in [4.78, 5) is 6.45. The molecule has 0 aliphatic heterocycles. The summed E-state index contributed by atoms with van der Waals surface area (Å²) in [7, 11) is 0. The lowest BCUT2D eigenvalue weighted by molar-refractivity contribution is 0.627. The van der Waals surface area contributed by atoms with Crippen molar-refractivity contribution in [3.8, 4) is 0 Å². The first-order valence-corrected chi connectivity index (χ1v) is 6.46. The fraction of sp³-hybridized carbons (Fsp3) is 0.312. The first-order valence-electron chi connectivity index (χ1n) is 6.46. The predicted molar refractivity (Wildman–Crippen MR) is 77.4 cm³/mol. The van der Waals surface area contributed by atoms with Crippen LogP contribution in [0.25, 0.3) is 0 Å². The average Bonchev–Trinajstić information content (AvgIpc) is 2.37. The zero-order valence-corrected chi connectivity index (χ0v) is 11.8. The fourth-order valence-corrected chi connectivity index (χ4v) is 2.18. The van der Waals surface area contributed by atoms with E-state index in [9.17, 15) is 4.39 Å². The average molecular weight is 258 g/mol. The smallest absolute Gasteiger partial charge is 0.123 e. The third-order valence-corrected chi connectivity index (χ3v) is 3.32. The van der Waals surface area contributed by atoms with Gasteiger partial charge in [-0.3, -0.25) is 4.98 Å². The highest BCUT2D eigenvalue weighted by Crippen LogP contribution is 2.31. The molecule has 0 amide bonds. The zero-order chi connectivity index (χ0) is 14.0. The largest absolute Gasteiger partial charge is 0.337 e. The molecule has 3 heteroatoms. The van der Waals surface area contributed by atoms with Crippen LogP contribution in [0.4, 0.5) is 15.8 Å². The second kappa shape index (κ2) is 5.39. The lowest BCUT2D eigenvalue weighted by atomic mass is 10.1. The van der Waals surface area contributed by atoms with Crippen molar-refractivity contribution in [2.24, 2.45) is 0 Å². The molecule has 0 fully saturated rings. The summed E-state index contributed by atoms with van der Waals surface area (Å²) in [5.74, 6) is -0.216. The minimum absolute atomic E-state index is 0.216. The van der Waals surface area contributed by atoms with Gasteiger partial charge < -0.3 is 4.90 Å². The molecular formula is C16H19FN2. The van der Waals surface area contributed by atoms with Gasteiger partial charge in [0.1, 0.15) is 5.82 Å². The second-order valence-corrected chi connectivity index (χ2v) is 5.04. The van der Waals surface area contributed by atoms with Crippen molar-refractivity contribution in [1.82, 2.24) is 4.98 Å². The Labute approximate surface area is 113 Å². The van der Waals surface area contributed by atoms with Crippen LogP contribution in [0.15, 0.2) is 36.7 Å². The summed E-state index contributed by atoms with van der Waals surface area (Å²) in [5, 5.41) is 0. The van der Waals surface area contributed by atoms with Gasteiger partial charge in [-0.1, -0.05) is 0 Å². The van der Waals surface area contributed by atoms with Gasteiger partial charge in [0.25, 0.3) is 0 Å². The molecule has 0 radical (unpaired) electrons. The number of pyridine rings is 1. The van der Waals surface area contributed by atoms with Crippen molar-refractivity contribution in [2.45, 2.75) is 33.7 Å². The summed E-state index contributed by atoms with van der Waals surface area (Å²) < 4.78 is 13.1. The predicted octanol–water partition coefficient (Wildman–Crippen LogP) is 4.38. The Hall–Kier alpha value is -1.90. The topological polar surface area (TPSA) is 16.1 Å². The van der Waals surface area contributed by atoms with Crippen LogP contribution in [-0.4, -0.2) is 11.0 Å². The van der Waals surface area contributed by atoms with Crippen molar-refractivity contribution in [2.75, 3.05) is 4.90 Å². The van der Waals surface area contributed by atoms with E-state index in [2.05, 4.69) is 37.6 Å². The van der Waals surface area contributed by atoms with E-state index in [-0.39, 0.29) is 11.9 Å². The maximum Gasteiger partial charge on any atom is 0.123 e. The van der Waals surface area contributed by atoms with Gasteiger partial charge in [0.15, 0.2) is 0 Å². The second-order valence-electron chi connectivity index (χ2n) is 5.04. The van der Waals surface area contributed by atoms with Gasteiger partial charge in [-0.25, -0.2) is 4.39 Å². The van der Waals surface area contributed by atoms with E-state index in [0.29, 0.717) is 0 Å². The summed E-state index contributed by atoms with van der Waals surface area (Å²) in [6, 6.07) is 6.86. The van der Waals surface area contributed by atoms with E-state index < -0.39 is 0 Å². The van der Waals surface area contributed by atoms with Gasteiger partial charge in [-0.2, -0.15) is 0 Å². The molecule has 2 nitrogen and oxygen atoms in total. The maximum absolute atomic E-state index is 13.1. The number of rotatable bonds is 3. The third kappa shape index (κ3) is 2.75. The Balaban J connectivity index is 2.52. The van der Waals surface area contributed by atoms with E-state index in [0.717, 1.165) is 16.9 Å². The van der Waals surface area contributed by atoms with Crippen LogP contribution in [-0.2, 0) is 0 Å². The highest BCUT2D eigenvalue weighted by Gasteiger charge is 2.16. The minimum Gasteiger partial charge on any atom is -0.337 e. The quantitative estimate of drug-likeness (QED) is 0.812. The van der Waals surface area contributed by atoms with E-state index in [1.807, 2.05) is 12.4 Å². The monoisotopic (exact) mass is 258 g/mol. The van der Waals surface area contributed by atoms with Crippen LogP contribution >= 0.6 is 0 Å². The molecule has 1 aromatic heterocycles. The number of benzene rings is 1. The molecule has 2 rings (SSSR count). The lowest BCUT2D eigenvalue weighted by Crippen LogP contribution is -2.26. The van der Waals surface area contributed by atoms with E-state index in [4.69, 9.17) is 0 Å². The molecule has 0 unspecified atom stereocenters. The van der Waals surface area contributed by atoms with Gasteiger partial charge in [0.05, 0.1) is 11.9 Å². The molecule has 0 spiro atoms. The molecule has 2 aromatic rings. The van der Waals surface area contributed by atoms with Crippen LogP contribution in [0.2, 0.25) is 0 Å². The number of anilines is 2. The summed E-state index contributed by atoms with van der Waals surface area (Å²) >= 11 is 0. The first-order chi connectivity index (χ1) is 9.00. The SMILES string of the molecule is Cc1cncc(N(c2ccc(F)cc2)C(C)C)c1C. The molecule has 0 aliphatic carbocycles. The molecule has 0 N–H and O–H groups in total. The lowest BCUT2D eigenvalue weighted by Gasteiger charge is -2.30. The van der Waals surface area contributed by atoms with Gasteiger partial charge in [0, 0.05) is 17.9 Å². The van der Waals surface area contributed by atoms with Gasteiger partial charge in [0.2, 0.25) is 0 Å². The Morgan fingerprint density at radius 3 is 2.26 bits per heavy atom. The fourth-order valence-electron chi connectivity index (χ4n) is 2.18. The highest BCUT2D eigenvalue weighted by atomic mass is 19.1. The Bertz CT molecular complexity index is 561. The van der Waals surface area contributed by atoms with Gasteiger partial charge in [-0.05, 0) is 63.1 Å². The third-order valence-electron chi connectivity index (χ3n) is 3.32. The molecular weight excluding hydrogens is 239 g/mol. The summed E-state index contributed by atoms with van der Waals surface area (Å²) in [6.07, 6.45) is 3.73. The Morgan fingerprint density at radius 1 is 1.05 bits per heavy atom. The number of hydrogen-bond donors (Lipinski definition) is 0. The number of nitrogens with zero attached hydrogens (tertiary/aromatic N) is 2. The molecule has 0 saturated heterocycles. The number of hydrogen-bond acceptors (Lipinski definition) is 2. The van der Waals surface area contributed by atoms with E-state index >= 15 is 0 Å². The molecule has 0 saturated carbocycles. The van der Waals surface area contributed by atoms with Crippen LogP contribution in [0, 0.1) is 19.7 Å². The van der Waals surface area contributed by atoms with Crippen molar-refractivity contribution < 1.29 is 4.39 Å². The van der Waals surface area contributed by atoms with Crippen molar-refractivity contribution >= 4 is 11.4 Å². The van der Waals surface area contributed by atoms with Crippen LogP contribution < -0.4 is 4.90 Å². The first kappa shape index (κ1) is 13.5. The molecule has 0 aliphatic rings. The molecule has 0 bridgehead atoms.